The van der Waals surface area contributed by atoms with Gasteiger partial charge >= 0.3 is 0 Å². The number of carbonyl (C=O) groups is 1. The number of benzene rings is 1. The maximum atomic E-state index is 11.6. The Morgan fingerprint density at radius 1 is 1.40 bits per heavy atom. The number of nitrogens with two attached hydrogens (primary N) is 1. The summed E-state index contributed by atoms with van der Waals surface area (Å²) >= 11 is 0. The molecule has 1 aromatic heterocycles. The summed E-state index contributed by atoms with van der Waals surface area (Å²) in [6.45, 7) is 1.56. The summed E-state index contributed by atoms with van der Waals surface area (Å²) in [6.07, 6.45) is 2.80. The molecule has 1 aliphatic heterocycles. The quantitative estimate of drug-likeness (QED) is 0.884. The number of aromatic nitrogens is 2. The van der Waals surface area contributed by atoms with Gasteiger partial charge in [0.2, 0.25) is 5.91 Å². The number of hydrogen-bond donors (Lipinski definition) is 2. The zero-order valence-electron chi connectivity index (χ0n) is 11.2. The lowest BCUT2D eigenvalue weighted by Crippen LogP contribution is -2.33. The number of H-pyrrole nitrogens is 1. The lowest BCUT2D eigenvalue weighted by atomic mass is 10.1. The van der Waals surface area contributed by atoms with Crippen molar-refractivity contribution >= 4 is 5.91 Å². The molecule has 1 unspecified atom stereocenters. The number of imidazole rings is 1. The van der Waals surface area contributed by atoms with Crippen LogP contribution in [-0.2, 0) is 4.79 Å². The molecule has 2 heterocycles. The van der Waals surface area contributed by atoms with Crippen LogP contribution in [0.2, 0.25) is 0 Å². The van der Waals surface area contributed by atoms with Crippen molar-refractivity contribution in [3.63, 3.8) is 0 Å². The van der Waals surface area contributed by atoms with E-state index >= 15 is 0 Å². The van der Waals surface area contributed by atoms with Crippen molar-refractivity contribution < 1.29 is 4.79 Å². The van der Waals surface area contributed by atoms with Crippen LogP contribution in [0.4, 0.5) is 0 Å². The molecule has 0 bridgehead atoms. The highest BCUT2D eigenvalue weighted by atomic mass is 16.2. The number of nitrogens with zero attached hydrogens (tertiary/aromatic N) is 2. The normalized spacial score (nSPS) is 18.4. The lowest BCUT2D eigenvalue weighted by Gasteiger charge is -2.14. The zero-order valence-corrected chi connectivity index (χ0v) is 11.2. The summed E-state index contributed by atoms with van der Waals surface area (Å²) in [4.78, 5) is 21.2. The predicted octanol–water partition coefficient (Wildman–Crippen LogP) is 1.35. The molecule has 0 aliphatic carbocycles. The van der Waals surface area contributed by atoms with Gasteiger partial charge in [0, 0.05) is 19.0 Å². The van der Waals surface area contributed by atoms with Crippen LogP contribution in [0.3, 0.4) is 0 Å². The van der Waals surface area contributed by atoms with Crippen LogP contribution in [0.15, 0.2) is 36.5 Å². The maximum absolute atomic E-state index is 11.6. The Balaban J connectivity index is 1.74. The van der Waals surface area contributed by atoms with Gasteiger partial charge in [0.25, 0.3) is 0 Å². The Morgan fingerprint density at radius 2 is 2.20 bits per heavy atom. The number of likely N-dealkylation sites (tertiary alicyclic amines) is 1. The van der Waals surface area contributed by atoms with Crippen molar-refractivity contribution in [2.75, 3.05) is 19.6 Å². The van der Waals surface area contributed by atoms with E-state index in [2.05, 4.69) is 22.1 Å². The van der Waals surface area contributed by atoms with Gasteiger partial charge in [0.1, 0.15) is 5.82 Å². The monoisotopic (exact) mass is 270 g/mol. The van der Waals surface area contributed by atoms with E-state index in [1.807, 2.05) is 29.3 Å². The Bertz CT molecular complexity index is 593. The van der Waals surface area contributed by atoms with E-state index in [0.717, 1.165) is 30.0 Å². The van der Waals surface area contributed by atoms with E-state index < -0.39 is 0 Å². The van der Waals surface area contributed by atoms with Crippen LogP contribution in [-0.4, -0.2) is 40.4 Å². The largest absolute Gasteiger partial charge is 0.342 e. The summed E-state index contributed by atoms with van der Waals surface area (Å²) in [5, 5.41) is 0. The van der Waals surface area contributed by atoms with Crippen molar-refractivity contribution in [1.29, 1.82) is 0 Å². The second-order valence-corrected chi connectivity index (χ2v) is 5.08. The standard InChI is InChI=1S/C15H18N4O/c16-8-14(20)19-7-6-12(10-19)15-17-9-13(18-15)11-4-2-1-3-5-11/h1-5,9,12H,6-8,10,16H2,(H,17,18). The number of hydrogen-bond acceptors (Lipinski definition) is 3. The summed E-state index contributed by atoms with van der Waals surface area (Å²) in [6, 6.07) is 10.1. The van der Waals surface area contributed by atoms with Crippen LogP contribution in [0.25, 0.3) is 11.3 Å². The minimum atomic E-state index is 0.0161. The second kappa shape index (κ2) is 5.46. The minimum absolute atomic E-state index is 0.0161. The average Bonchev–Trinajstić information content (AvgIpc) is 3.16. The van der Waals surface area contributed by atoms with Gasteiger partial charge in [0.15, 0.2) is 0 Å². The number of amides is 1. The van der Waals surface area contributed by atoms with Crippen LogP contribution in [0.5, 0.6) is 0 Å². The summed E-state index contributed by atoms with van der Waals surface area (Å²) < 4.78 is 0. The molecule has 1 saturated heterocycles. The molecule has 1 aliphatic rings. The Labute approximate surface area is 117 Å². The van der Waals surface area contributed by atoms with Gasteiger partial charge in [-0.05, 0) is 12.0 Å². The van der Waals surface area contributed by atoms with Crippen molar-refractivity contribution in [2.45, 2.75) is 12.3 Å². The third-order valence-corrected chi connectivity index (χ3v) is 3.78. The molecule has 5 heteroatoms. The van der Waals surface area contributed by atoms with Crippen molar-refractivity contribution in [3.8, 4) is 11.3 Å². The van der Waals surface area contributed by atoms with E-state index in [-0.39, 0.29) is 18.4 Å². The van der Waals surface area contributed by atoms with Gasteiger partial charge in [-0.3, -0.25) is 4.79 Å². The molecule has 104 valence electrons. The lowest BCUT2D eigenvalue weighted by molar-refractivity contribution is -0.128. The van der Waals surface area contributed by atoms with E-state index in [1.165, 1.54) is 0 Å². The molecule has 1 fully saturated rings. The third-order valence-electron chi connectivity index (χ3n) is 3.78. The third kappa shape index (κ3) is 2.44. The van der Waals surface area contributed by atoms with E-state index in [0.29, 0.717) is 6.54 Å². The molecule has 3 N–H and O–H groups in total. The van der Waals surface area contributed by atoms with Gasteiger partial charge in [-0.1, -0.05) is 30.3 Å². The smallest absolute Gasteiger partial charge is 0.236 e. The first-order chi connectivity index (χ1) is 9.78. The maximum Gasteiger partial charge on any atom is 0.236 e. The fourth-order valence-electron chi connectivity index (χ4n) is 2.65. The molecule has 0 saturated carbocycles. The minimum Gasteiger partial charge on any atom is -0.342 e. The summed E-state index contributed by atoms with van der Waals surface area (Å²) in [5.41, 5.74) is 7.54. The average molecular weight is 270 g/mol. The molecule has 2 aromatic rings. The number of rotatable bonds is 3. The summed E-state index contributed by atoms with van der Waals surface area (Å²) in [5.74, 6) is 1.25. The second-order valence-electron chi connectivity index (χ2n) is 5.08. The van der Waals surface area contributed by atoms with Crippen LogP contribution < -0.4 is 5.73 Å². The van der Waals surface area contributed by atoms with Gasteiger partial charge < -0.3 is 15.6 Å². The van der Waals surface area contributed by atoms with Crippen LogP contribution in [0, 0.1) is 0 Å². The van der Waals surface area contributed by atoms with Crippen molar-refractivity contribution in [3.05, 3.63) is 42.4 Å². The number of carbonyl (C=O) groups excluding carboxylic acids is 1. The Morgan fingerprint density at radius 3 is 2.95 bits per heavy atom. The Hall–Kier alpha value is -2.14. The molecule has 3 rings (SSSR count). The highest BCUT2D eigenvalue weighted by molar-refractivity contribution is 5.78. The highest BCUT2D eigenvalue weighted by Gasteiger charge is 2.28. The van der Waals surface area contributed by atoms with E-state index in [9.17, 15) is 4.79 Å². The van der Waals surface area contributed by atoms with Crippen molar-refractivity contribution in [2.24, 2.45) is 5.73 Å². The molecule has 1 atom stereocenters. The molecule has 20 heavy (non-hydrogen) atoms. The van der Waals surface area contributed by atoms with E-state index in [4.69, 9.17) is 5.73 Å². The molecule has 0 spiro atoms. The number of nitrogens with one attached hydrogen (secondary N) is 1. The van der Waals surface area contributed by atoms with Gasteiger partial charge in [-0.25, -0.2) is 4.98 Å². The topological polar surface area (TPSA) is 75.0 Å². The predicted molar refractivity (Wildman–Crippen MR) is 77.0 cm³/mol. The zero-order chi connectivity index (χ0) is 13.9. The molecule has 0 radical (unpaired) electrons. The first-order valence-corrected chi connectivity index (χ1v) is 6.86. The SMILES string of the molecule is NCC(=O)N1CCC(c2ncc(-c3ccccc3)[nH]2)C1. The highest BCUT2D eigenvalue weighted by Crippen LogP contribution is 2.27. The van der Waals surface area contributed by atoms with Crippen LogP contribution >= 0.6 is 0 Å². The van der Waals surface area contributed by atoms with Crippen LogP contribution in [0.1, 0.15) is 18.2 Å². The molecule has 1 aromatic carbocycles. The van der Waals surface area contributed by atoms with Gasteiger partial charge in [-0.15, -0.1) is 0 Å². The molecule has 5 nitrogen and oxygen atoms in total. The molecule has 1 amide bonds. The van der Waals surface area contributed by atoms with Crippen molar-refractivity contribution in [1.82, 2.24) is 14.9 Å². The summed E-state index contributed by atoms with van der Waals surface area (Å²) in [7, 11) is 0. The van der Waals surface area contributed by atoms with Gasteiger partial charge in [0.05, 0.1) is 18.4 Å². The van der Waals surface area contributed by atoms with E-state index in [1.54, 1.807) is 0 Å². The number of aromatic amines is 1. The fourth-order valence-corrected chi connectivity index (χ4v) is 2.65. The Kier molecular flexibility index (Phi) is 3.52. The first kappa shape index (κ1) is 12.9. The molecular weight excluding hydrogens is 252 g/mol. The molecular formula is C15H18N4O. The van der Waals surface area contributed by atoms with Gasteiger partial charge in [-0.2, -0.15) is 0 Å². The fraction of sp³-hybridized carbons (Fsp3) is 0.333. The first-order valence-electron chi connectivity index (χ1n) is 6.86.